The number of urea groups is 1. The van der Waals surface area contributed by atoms with Gasteiger partial charge in [0.05, 0.1) is 5.69 Å². The standard InChI is InChI=1S/C23H25Br2N5O3/c24-17-11-15(12-18(25)21(17)26)22(32)27-8-5-20(31)29-9-6-16(7-10-29)30-13-14-3-1-2-4-19(14)28-23(30)33/h1-4,11-12,16H,5-10,13,26H2,(H,27,32)(H,28,33). The number of hydrogen-bond donors (Lipinski definition) is 3. The molecule has 2 aromatic rings. The van der Waals surface area contributed by atoms with Crippen molar-refractivity contribution in [1.29, 1.82) is 0 Å². The van der Waals surface area contributed by atoms with Gasteiger partial charge in [0, 0.05) is 58.8 Å². The summed E-state index contributed by atoms with van der Waals surface area (Å²) in [6.45, 7) is 2.04. The number of rotatable bonds is 5. The van der Waals surface area contributed by atoms with E-state index in [2.05, 4.69) is 42.5 Å². The van der Waals surface area contributed by atoms with Gasteiger partial charge in [0.25, 0.3) is 5.91 Å². The van der Waals surface area contributed by atoms with E-state index in [9.17, 15) is 14.4 Å². The van der Waals surface area contributed by atoms with Crippen LogP contribution in [0.3, 0.4) is 0 Å². The van der Waals surface area contributed by atoms with Crippen molar-refractivity contribution in [1.82, 2.24) is 15.1 Å². The number of fused-ring (bicyclic) bond motifs is 1. The lowest BCUT2D eigenvalue weighted by molar-refractivity contribution is -0.132. The number of nitrogen functional groups attached to an aromatic ring is 1. The van der Waals surface area contributed by atoms with E-state index in [0.717, 1.165) is 24.1 Å². The highest BCUT2D eigenvalue weighted by molar-refractivity contribution is 9.11. The molecular formula is C23H25Br2N5O3. The molecule has 174 valence electrons. The summed E-state index contributed by atoms with van der Waals surface area (Å²) >= 11 is 6.66. The number of benzene rings is 2. The molecule has 4 N–H and O–H groups in total. The summed E-state index contributed by atoms with van der Waals surface area (Å²) in [5.41, 5.74) is 8.81. The molecule has 10 heteroatoms. The number of para-hydroxylation sites is 1. The number of carbonyl (C=O) groups excluding carboxylic acids is 3. The second-order valence-electron chi connectivity index (χ2n) is 8.19. The maximum Gasteiger partial charge on any atom is 0.322 e. The summed E-state index contributed by atoms with van der Waals surface area (Å²) in [5.74, 6) is -0.263. The number of halogens is 2. The van der Waals surface area contributed by atoms with E-state index in [0.29, 0.717) is 39.8 Å². The normalized spacial score (nSPS) is 16.2. The fourth-order valence-corrected chi connectivity index (χ4v) is 5.39. The van der Waals surface area contributed by atoms with Crippen LogP contribution in [0.2, 0.25) is 0 Å². The lowest BCUT2D eigenvalue weighted by Crippen LogP contribution is -2.51. The van der Waals surface area contributed by atoms with Gasteiger partial charge in [-0.2, -0.15) is 0 Å². The lowest BCUT2D eigenvalue weighted by atomic mass is 10.0. The number of carbonyl (C=O) groups is 3. The van der Waals surface area contributed by atoms with Gasteiger partial charge in [0.1, 0.15) is 0 Å². The van der Waals surface area contributed by atoms with Gasteiger partial charge in [-0.25, -0.2) is 4.79 Å². The number of amides is 4. The molecule has 0 aliphatic carbocycles. The highest BCUT2D eigenvalue weighted by atomic mass is 79.9. The highest BCUT2D eigenvalue weighted by Crippen LogP contribution is 2.30. The maximum atomic E-state index is 12.6. The van der Waals surface area contributed by atoms with Gasteiger partial charge in [-0.15, -0.1) is 0 Å². The Balaban J connectivity index is 1.24. The van der Waals surface area contributed by atoms with Crippen LogP contribution in [0.25, 0.3) is 0 Å². The Morgan fingerprint density at radius 2 is 1.79 bits per heavy atom. The van der Waals surface area contributed by atoms with Crippen molar-refractivity contribution >= 4 is 61.1 Å². The fourth-order valence-electron chi connectivity index (χ4n) is 4.20. The number of nitrogens with one attached hydrogen (secondary N) is 2. The van der Waals surface area contributed by atoms with Crippen LogP contribution in [0, 0.1) is 0 Å². The van der Waals surface area contributed by atoms with E-state index in [-0.39, 0.29) is 36.9 Å². The molecule has 4 amide bonds. The SMILES string of the molecule is Nc1c(Br)cc(C(=O)NCCC(=O)N2CCC(N3Cc4ccccc4NC3=O)CC2)cc1Br. The molecule has 4 rings (SSSR count). The molecule has 2 aromatic carbocycles. The molecule has 0 bridgehead atoms. The minimum Gasteiger partial charge on any atom is -0.397 e. The molecule has 1 saturated heterocycles. The summed E-state index contributed by atoms with van der Waals surface area (Å²) in [6, 6.07) is 11.1. The predicted octanol–water partition coefficient (Wildman–Crippen LogP) is 3.95. The number of nitrogens with two attached hydrogens (primary N) is 1. The van der Waals surface area contributed by atoms with Crippen molar-refractivity contribution in [2.75, 3.05) is 30.7 Å². The van der Waals surface area contributed by atoms with Crippen LogP contribution in [0.5, 0.6) is 0 Å². The number of hydrogen-bond acceptors (Lipinski definition) is 4. The van der Waals surface area contributed by atoms with Crippen LogP contribution < -0.4 is 16.4 Å². The van der Waals surface area contributed by atoms with Crippen LogP contribution in [0.15, 0.2) is 45.3 Å². The Labute approximate surface area is 209 Å². The third kappa shape index (κ3) is 5.33. The van der Waals surface area contributed by atoms with E-state index in [4.69, 9.17) is 5.73 Å². The molecule has 0 unspecified atom stereocenters. The van der Waals surface area contributed by atoms with Crippen LogP contribution >= 0.6 is 31.9 Å². The molecule has 0 spiro atoms. The summed E-state index contributed by atoms with van der Waals surface area (Å²) in [5, 5.41) is 5.75. The van der Waals surface area contributed by atoms with Gasteiger partial charge in [-0.05, 0) is 68.5 Å². The van der Waals surface area contributed by atoms with E-state index in [1.165, 1.54) is 0 Å². The second kappa shape index (κ2) is 10.1. The predicted molar refractivity (Wildman–Crippen MR) is 134 cm³/mol. The molecule has 0 saturated carbocycles. The average Bonchev–Trinajstić information content (AvgIpc) is 2.81. The van der Waals surface area contributed by atoms with Gasteiger partial charge in [-0.1, -0.05) is 18.2 Å². The van der Waals surface area contributed by atoms with Gasteiger partial charge >= 0.3 is 6.03 Å². The van der Waals surface area contributed by atoms with Crippen molar-refractivity contribution in [3.8, 4) is 0 Å². The summed E-state index contributed by atoms with van der Waals surface area (Å²) in [4.78, 5) is 41.2. The summed E-state index contributed by atoms with van der Waals surface area (Å²) in [6.07, 6.45) is 1.70. The Kier molecular flexibility index (Phi) is 7.23. The van der Waals surface area contributed by atoms with Crippen LogP contribution in [0.4, 0.5) is 16.2 Å². The topological polar surface area (TPSA) is 108 Å². The minimum atomic E-state index is -0.265. The van der Waals surface area contributed by atoms with E-state index < -0.39 is 0 Å². The van der Waals surface area contributed by atoms with Gasteiger partial charge in [0.15, 0.2) is 0 Å². The smallest absolute Gasteiger partial charge is 0.322 e. The van der Waals surface area contributed by atoms with Crippen LogP contribution in [0.1, 0.15) is 35.2 Å². The van der Waals surface area contributed by atoms with Crippen molar-refractivity contribution in [3.63, 3.8) is 0 Å². The van der Waals surface area contributed by atoms with E-state index in [1.54, 1.807) is 12.1 Å². The Hall–Kier alpha value is -2.59. The highest BCUT2D eigenvalue weighted by Gasteiger charge is 2.32. The van der Waals surface area contributed by atoms with E-state index in [1.807, 2.05) is 34.1 Å². The number of anilines is 2. The molecule has 33 heavy (non-hydrogen) atoms. The Morgan fingerprint density at radius 1 is 1.12 bits per heavy atom. The van der Waals surface area contributed by atoms with Crippen LogP contribution in [-0.4, -0.2) is 53.3 Å². The number of nitrogens with zero attached hydrogens (tertiary/aromatic N) is 2. The molecule has 2 aliphatic heterocycles. The quantitative estimate of drug-likeness (QED) is 0.467. The third-order valence-corrected chi connectivity index (χ3v) is 7.40. The average molecular weight is 579 g/mol. The monoisotopic (exact) mass is 577 g/mol. The third-order valence-electron chi connectivity index (χ3n) is 6.08. The number of piperidine rings is 1. The zero-order chi connectivity index (χ0) is 23.5. The first kappa shape index (κ1) is 23.6. The molecular weight excluding hydrogens is 554 g/mol. The van der Waals surface area contributed by atoms with Crippen LogP contribution in [-0.2, 0) is 11.3 Å². The molecule has 0 aromatic heterocycles. The first-order valence-electron chi connectivity index (χ1n) is 10.8. The molecule has 2 aliphatic rings. The molecule has 2 heterocycles. The van der Waals surface area contributed by atoms with Crippen molar-refractivity contribution in [3.05, 3.63) is 56.5 Å². The zero-order valence-electron chi connectivity index (χ0n) is 17.9. The largest absolute Gasteiger partial charge is 0.397 e. The van der Waals surface area contributed by atoms with Gasteiger partial charge in [0.2, 0.25) is 5.91 Å². The summed E-state index contributed by atoms with van der Waals surface area (Å²) < 4.78 is 1.26. The molecule has 0 radical (unpaired) electrons. The lowest BCUT2D eigenvalue weighted by Gasteiger charge is -2.40. The maximum absolute atomic E-state index is 12.6. The Morgan fingerprint density at radius 3 is 2.48 bits per heavy atom. The minimum absolute atomic E-state index is 0.00172. The van der Waals surface area contributed by atoms with Crippen molar-refractivity contribution < 1.29 is 14.4 Å². The van der Waals surface area contributed by atoms with Crippen molar-refractivity contribution in [2.45, 2.75) is 31.8 Å². The Bertz CT molecular complexity index is 1060. The number of likely N-dealkylation sites (tertiary alicyclic amines) is 1. The second-order valence-corrected chi connectivity index (χ2v) is 9.90. The van der Waals surface area contributed by atoms with E-state index >= 15 is 0 Å². The molecule has 1 fully saturated rings. The van der Waals surface area contributed by atoms with Gasteiger partial charge < -0.3 is 26.2 Å². The summed E-state index contributed by atoms with van der Waals surface area (Å²) in [7, 11) is 0. The molecule has 8 nitrogen and oxygen atoms in total. The molecule has 0 atom stereocenters. The first-order chi connectivity index (χ1) is 15.8. The van der Waals surface area contributed by atoms with Gasteiger partial charge in [-0.3, -0.25) is 9.59 Å². The zero-order valence-corrected chi connectivity index (χ0v) is 21.1. The van der Waals surface area contributed by atoms with Crippen molar-refractivity contribution in [2.24, 2.45) is 0 Å². The first-order valence-corrected chi connectivity index (χ1v) is 12.4. The fraction of sp³-hybridized carbons (Fsp3) is 0.348.